The van der Waals surface area contributed by atoms with Crippen molar-refractivity contribution in [1.82, 2.24) is 0 Å². The summed E-state index contributed by atoms with van der Waals surface area (Å²) < 4.78 is 59.2. The summed E-state index contributed by atoms with van der Waals surface area (Å²) in [6.45, 7) is 4.42. The van der Waals surface area contributed by atoms with Crippen molar-refractivity contribution < 1.29 is 42.3 Å². The first kappa shape index (κ1) is 33.3. The fraction of sp³-hybridized carbons (Fsp3) is 0.0606. The Morgan fingerprint density at radius 3 is 1.76 bits per heavy atom. The van der Waals surface area contributed by atoms with E-state index in [1.807, 2.05) is 32.1 Å². The molecule has 0 aliphatic heterocycles. The van der Waals surface area contributed by atoms with Crippen LogP contribution in [0.3, 0.4) is 0 Å². The average molecular weight is 624 g/mol. The molecule has 5 aliphatic rings. The average Bonchev–Trinajstić information content (AvgIpc) is 3.62. The Morgan fingerprint density at radius 2 is 1.17 bits per heavy atom. The van der Waals surface area contributed by atoms with E-state index in [9.17, 15) is 25.2 Å². The van der Waals surface area contributed by atoms with E-state index in [-0.39, 0.29) is 17.1 Å². The van der Waals surface area contributed by atoms with Crippen LogP contribution in [0.15, 0.2) is 72.8 Å². The largest absolute Gasteiger partial charge is 2.00 e. The fourth-order valence-corrected chi connectivity index (χ4v) is 4.73. The predicted octanol–water partition coefficient (Wildman–Crippen LogP) is 11.5. The van der Waals surface area contributed by atoms with Gasteiger partial charge in [-0.2, -0.15) is 0 Å². The molecule has 2 saturated carbocycles. The molecule has 0 bridgehead atoms. The molecule has 212 valence electrons. The third-order valence-electron chi connectivity index (χ3n) is 6.27. The smallest absolute Gasteiger partial charge is 0.0312 e. The first-order chi connectivity index (χ1) is 18.7. The first-order valence-corrected chi connectivity index (χ1v) is 14.5. The van der Waals surface area contributed by atoms with Crippen molar-refractivity contribution in [3.63, 3.8) is 0 Å². The maximum absolute atomic E-state index is 10.7. The minimum Gasteiger partial charge on any atom is -0.0312 e. The Hall–Kier alpha value is -2.20. The van der Waals surface area contributed by atoms with Crippen molar-refractivity contribution in [2.24, 2.45) is 0 Å². The monoisotopic (exact) mass is 624 g/mol. The van der Waals surface area contributed by atoms with E-state index in [0.29, 0.717) is 0 Å². The molecule has 1 aromatic rings. The molecule has 2 fully saturated rings. The fourth-order valence-electron chi connectivity index (χ4n) is 4.73. The van der Waals surface area contributed by atoms with Crippen LogP contribution in [0.2, 0.25) is 0 Å². The van der Waals surface area contributed by atoms with Gasteiger partial charge in [-0.1, -0.05) is 30.3 Å². The standard InChI is InChI=1S/C28H22.C5H5.F6P.Fe/c1-19-17-26(24-15-7-3-5-13-22(19)24)28(21-11-9-10-12-21)27-18-20(2)23-14-6-4-8-16-25(23)27;1-2-4-5-3-1;1-7(2,3,4,5)6;/h3-18H,1-2H3;1-5H;;/q+1;;-1;+2/b28-26-;;;. The van der Waals surface area contributed by atoms with Crippen molar-refractivity contribution in [2.75, 3.05) is 0 Å². The van der Waals surface area contributed by atoms with Crippen LogP contribution < -0.4 is 0 Å². The van der Waals surface area contributed by atoms with Crippen LogP contribution in [0, 0.1) is 70.6 Å². The van der Waals surface area contributed by atoms with E-state index in [0.717, 1.165) is 0 Å². The minimum absolute atomic E-state index is 0. The van der Waals surface area contributed by atoms with E-state index in [1.165, 1.54) is 56.0 Å². The summed E-state index contributed by atoms with van der Waals surface area (Å²) in [5.41, 5.74) is 11.9. The van der Waals surface area contributed by atoms with Crippen LogP contribution >= 0.6 is 7.81 Å². The van der Waals surface area contributed by atoms with Gasteiger partial charge in [0.15, 0.2) is 0 Å². The minimum atomic E-state index is -10.7. The van der Waals surface area contributed by atoms with Crippen LogP contribution in [0.5, 0.6) is 0 Å². The Bertz CT molecular complexity index is 1370. The summed E-state index contributed by atoms with van der Waals surface area (Å²) in [7, 11) is -10.7. The van der Waals surface area contributed by atoms with Gasteiger partial charge in [0.1, 0.15) is 0 Å². The van der Waals surface area contributed by atoms with Crippen molar-refractivity contribution >= 4 is 24.5 Å². The van der Waals surface area contributed by atoms with Gasteiger partial charge >= 0.3 is 50.1 Å². The number of fused-ring (bicyclic) bond motifs is 2. The van der Waals surface area contributed by atoms with E-state index < -0.39 is 7.81 Å². The molecule has 10 radical (unpaired) electrons. The maximum atomic E-state index is 9.87. The van der Waals surface area contributed by atoms with Crippen molar-refractivity contribution in [1.29, 1.82) is 0 Å². The Balaban J connectivity index is 0.000000299. The van der Waals surface area contributed by atoms with Crippen LogP contribution in [0.1, 0.15) is 29.2 Å². The zero-order valence-electron chi connectivity index (χ0n) is 22.2. The van der Waals surface area contributed by atoms with Gasteiger partial charge in [-0.25, -0.2) is 0 Å². The summed E-state index contributed by atoms with van der Waals surface area (Å²) >= 11 is 0. The number of halogens is 6. The second-order valence-electron chi connectivity index (χ2n) is 9.43. The predicted molar refractivity (Wildman–Crippen MR) is 155 cm³/mol. The second kappa shape index (κ2) is 12.6. The van der Waals surface area contributed by atoms with Crippen molar-refractivity contribution in [2.45, 2.75) is 13.8 Å². The maximum Gasteiger partial charge on any atom is 2.00 e. The molecule has 0 unspecified atom stereocenters. The van der Waals surface area contributed by atoms with Gasteiger partial charge in [-0.05, 0) is 119 Å². The third kappa shape index (κ3) is 9.94. The van der Waals surface area contributed by atoms with Gasteiger partial charge in [0.05, 0.1) is 16.7 Å². The summed E-state index contributed by atoms with van der Waals surface area (Å²) in [6, 6.07) is 24.1. The van der Waals surface area contributed by atoms with Crippen LogP contribution in [0.4, 0.5) is 25.2 Å². The molecule has 0 N–H and O–H groups in total. The normalized spacial score (nSPS) is 19.4. The molecule has 41 heavy (non-hydrogen) atoms. The second-order valence-corrected chi connectivity index (χ2v) is 11.3. The molecule has 0 spiro atoms. The zero-order valence-corrected chi connectivity index (χ0v) is 24.2. The van der Waals surface area contributed by atoms with Gasteiger partial charge in [-0.15, -0.1) is 0 Å². The van der Waals surface area contributed by atoms with E-state index in [1.54, 1.807) is 0 Å². The summed E-state index contributed by atoms with van der Waals surface area (Å²) in [5, 5.41) is 0. The number of aryl methyl sites for hydroxylation is 1. The van der Waals surface area contributed by atoms with Gasteiger partial charge in [0, 0.05) is 34.8 Å². The summed E-state index contributed by atoms with van der Waals surface area (Å²) in [5.74, 6) is 1.27. The topological polar surface area (TPSA) is 0 Å². The molecule has 6 rings (SSSR count). The van der Waals surface area contributed by atoms with E-state index in [2.05, 4.69) is 112 Å². The molecule has 0 amide bonds. The quantitative estimate of drug-likeness (QED) is 0.115. The number of hydrogen-bond acceptors (Lipinski definition) is 0. The first-order valence-electron chi connectivity index (χ1n) is 12.5. The molecule has 1 aromatic carbocycles. The Kier molecular flexibility index (Phi) is 10.2. The summed E-state index contributed by atoms with van der Waals surface area (Å²) in [4.78, 5) is 0. The van der Waals surface area contributed by atoms with Crippen molar-refractivity contribution in [3.05, 3.63) is 159 Å². The number of hydrogen-bond donors (Lipinski definition) is 0. The molecular weight excluding hydrogens is 597 g/mol. The molecule has 0 nitrogen and oxygen atoms in total. The molecule has 0 atom stereocenters. The summed E-state index contributed by atoms with van der Waals surface area (Å²) in [6.07, 6.45) is 21.1. The van der Waals surface area contributed by atoms with Crippen LogP contribution in [0.25, 0.3) is 27.8 Å². The van der Waals surface area contributed by atoms with Gasteiger partial charge < -0.3 is 0 Å². The molecule has 5 aliphatic carbocycles. The van der Waals surface area contributed by atoms with Gasteiger partial charge in [0.2, 0.25) is 0 Å². The van der Waals surface area contributed by atoms with Crippen LogP contribution in [-0.2, 0) is 17.1 Å². The SMILES string of the molecule is CC1=C/C(=C(\[C]2[CH][CH][CH][CH]2)c2cc(C)c3cccccc2-3)[c+]2cccccc21.F[P-](F)(F)(F)(F)F.[CH]1[CH][CH][CH][CH]1.[Fe+2]. The van der Waals surface area contributed by atoms with Gasteiger partial charge in [-0.3, -0.25) is 0 Å². The third-order valence-corrected chi connectivity index (χ3v) is 6.27. The number of rotatable bonds is 2. The van der Waals surface area contributed by atoms with E-state index >= 15 is 0 Å². The molecule has 8 heteroatoms. The molecule has 0 heterocycles. The Labute approximate surface area is 250 Å². The van der Waals surface area contributed by atoms with Crippen LogP contribution in [-0.4, -0.2) is 0 Å². The van der Waals surface area contributed by atoms with Gasteiger partial charge in [0.25, 0.3) is 0 Å². The van der Waals surface area contributed by atoms with Crippen molar-refractivity contribution in [3.8, 4) is 11.1 Å². The molecular formula is C33H27F6FeP+2. The molecule has 0 aromatic heterocycles. The van der Waals surface area contributed by atoms with E-state index in [4.69, 9.17) is 0 Å². The number of allylic oxidation sites excluding steroid dienone is 4. The zero-order chi connectivity index (χ0) is 29.0. The Morgan fingerprint density at radius 1 is 0.659 bits per heavy atom. The molecule has 0 saturated heterocycles.